The zero-order valence-electron chi connectivity index (χ0n) is 9.55. The Morgan fingerprint density at radius 2 is 2.00 bits per heavy atom. The van der Waals surface area contributed by atoms with Crippen molar-refractivity contribution in [1.82, 2.24) is 0 Å². The van der Waals surface area contributed by atoms with Crippen LogP contribution in [0, 0.1) is 0 Å². The molecule has 0 aliphatic heterocycles. The Morgan fingerprint density at radius 1 is 1.38 bits per heavy atom. The molecule has 2 N–H and O–H groups in total. The van der Waals surface area contributed by atoms with E-state index in [0.29, 0.717) is 0 Å². The number of esters is 1. The van der Waals surface area contributed by atoms with Crippen LogP contribution in [0.1, 0.15) is 18.6 Å². The summed E-state index contributed by atoms with van der Waals surface area (Å²) >= 11 is 0. The molecule has 1 unspecified atom stereocenters. The van der Waals surface area contributed by atoms with Crippen molar-refractivity contribution in [2.45, 2.75) is 19.1 Å². The van der Waals surface area contributed by atoms with E-state index in [9.17, 15) is 4.79 Å². The molecular formula is C12H17NO3. The summed E-state index contributed by atoms with van der Waals surface area (Å²) in [5.41, 5.74) is 6.61. The molecule has 4 heteroatoms. The first kappa shape index (κ1) is 12.7. The molecule has 1 rings (SSSR count). The second-order valence-electron chi connectivity index (χ2n) is 3.52. The zero-order valence-corrected chi connectivity index (χ0v) is 9.55. The largest absolute Gasteiger partial charge is 0.468 e. The van der Waals surface area contributed by atoms with Gasteiger partial charge in [0.1, 0.15) is 6.04 Å². The van der Waals surface area contributed by atoms with Crippen molar-refractivity contribution in [3.8, 4) is 0 Å². The molecule has 88 valence electrons. The van der Waals surface area contributed by atoms with Crippen molar-refractivity contribution >= 4 is 5.97 Å². The van der Waals surface area contributed by atoms with Gasteiger partial charge in [0.25, 0.3) is 0 Å². The van der Waals surface area contributed by atoms with Gasteiger partial charge in [0.05, 0.1) is 19.8 Å². The van der Waals surface area contributed by atoms with E-state index in [4.69, 9.17) is 10.5 Å². The normalized spacial score (nSPS) is 14.2. The highest BCUT2D eigenvalue weighted by atomic mass is 16.5. The van der Waals surface area contributed by atoms with Crippen molar-refractivity contribution in [3.05, 3.63) is 35.9 Å². The molecule has 1 aromatic rings. The Balaban J connectivity index is 2.41. The highest BCUT2D eigenvalue weighted by molar-refractivity contribution is 5.75. The smallest absolute Gasteiger partial charge is 0.325 e. The van der Waals surface area contributed by atoms with Crippen LogP contribution in [0.3, 0.4) is 0 Å². The van der Waals surface area contributed by atoms with Gasteiger partial charge in [-0.05, 0) is 12.5 Å². The van der Waals surface area contributed by atoms with E-state index in [1.165, 1.54) is 7.11 Å². The van der Waals surface area contributed by atoms with Gasteiger partial charge in [-0.15, -0.1) is 0 Å². The summed E-state index contributed by atoms with van der Waals surface area (Å²) in [6, 6.07) is 9.03. The number of carbonyl (C=O) groups excluding carboxylic acids is 1. The van der Waals surface area contributed by atoms with Gasteiger partial charge in [-0.1, -0.05) is 30.3 Å². The fourth-order valence-corrected chi connectivity index (χ4v) is 1.29. The van der Waals surface area contributed by atoms with Crippen LogP contribution in [-0.4, -0.2) is 25.7 Å². The molecule has 0 bridgehead atoms. The summed E-state index contributed by atoms with van der Waals surface area (Å²) in [5, 5.41) is 0. The number of rotatable bonds is 5. The van der Waals surface area contributed by atoms with Crippen molar-refractivity contribution in [1.29, 1.82) is 0 Å². The maximum absolute atomic E-state index is 11.0. The first-order valence-electron chi connectivity index (χ1n) is 5.15. The van der Waals surface area contributed by atoms with Gasteiger partial charge in [-0.25, -0.2) is 0 Å². The molecular weight excluding hydrogens is 206 g/mol. The molecule has 0 saturated carbocycles. The summed E-state index contributed by atoms with van der Waals surface area (Å²) < 4.78 is 9.99. The van der Waals surface area contributed by atoms with E-state index in [1.807, 2.05) is 37.3 Å². The van der Waals surface area contributed by atoms with Crippen LogP contribution in [-0.2, 0) is 14.3 Å². The summed E-state index contributed by atoms with van der Waals surface area (Å²) in [4.78, 5) is 11.0. The summed E-state index contributed by atoms with van der Waals surface area (Å²) in [6.07, 6.45) is -0.0862. The third-order valence-electron chi connectivity index (χ3n) is 2.30. The Hall–Kier alpha value is -1.39. The standard InChI is InChI=1S/C12H17NO3/c1-9(10-6-4-3-5-7-10)16-8-11(13)12(14)15-2/h3-7,9,11H,8,13H2,1-2H3/t9?,11-/m1/s1. The third-order valence-corrected chi connectivity index (χ3v) is 2.30. The second-order valence-corrected chi connectivity index (χ2v) is 3.52. The van der Waals surface area contributed by atoms with Crippen LogP contribution in [0.25, 0.3) is 0 Å². The average molecular weight is 223 g/mol. The number of methoxy groups -OCH3 is 1. The lowest BCUT2D eigenvalue weighted by atomic mass is 10.1. The van der Waals surface area contributed by atoms with E-state index >= 15 is 0 Å². The number of nitrogens with two attached hydrogens (primary N) is 1. The lowest BCUT2D eigenvalue weighted by Crippen LogP contribution is -2.36. The minimum Gasteiger partial charge on any atom is -0.468 e. The molecule has 4 nitrogen and oxygen atoms in total. The number of hydrogen-bond donors (Lipinski definition) is 1. The molecule has 0 radical (unpaired) electrons. The van der Waals surface area contributed by atoms with Crippen molar-refractivity contribution < 1.29 is 14.3 Å². The van der Waals surface area contributed by atoms with Gasteiger partial charge in [0, 0.05) is 0 Å². The van der Waals surface area contributed by atoms with E-state index in [2.05, 4.69) is 4.74 Å². The molecule has 0 saturated heterocycles. The molecule has 16 heavy (non-hydrogen) atoms. The van der Waals surface area contributed by atoms with Gasteiger partial charge >= 0.3 is 5.97 Å². The maximum Gasteiger partial charge on any atom is 0.325 e. The number of benzene rings is 1. The predicted molar refractivity (Wildman–Crippen MR) is 60.8 cm³/mol. The van der Waals surface area contributed by atoms with Crippen LogP contribution in [0.2, 0.25) is 0 Å². The molecule has 2 atom stereocenters. The molecule has 0 heterocycles. The molecule has 0 amide bonds. The lowest BCUT2D eigenvalue weighted by Gasteiger charge is -2.15. The van der Waals surface area contributed by atoms with Crippen LogP contribution in [0.15, 0.2) is 30.3 Å². The first-order chi connectivity index (χ1) is 7.65. The Morgan fingerprint density at radius 3 is 2.56 bits per heavy atom. The Labute approximate surface area is 95.3 Å². The molecule has 0 fully saturated rings. The van der Waals surface area contributed by atoms with Crippen LogP contribution >= 0.6 is 0 Å². The van der Waals surface area contributed by atoms with Gasteiger partial charge in [0.2, 0.25) is 0 Å². The summed E-state index contributed by atoms with van der Waals surface area (Å²) in [5.74, 6) is -0.458. The third kappa shape index (κ3) is 3.64. The Bertz CT molecular complexity index is 326. The van der Waals surface area contributed by atoms with E-state index in [0.717, 1.165) is 5.56 Å². The molecule has 0 aliphatic rings. The van der Waals surface area contributed by atoms with Crippen LogP contribution < -0.4 is 5.73 Å². The minimum absolute atomic E-state index is 0.0862. The molecule has 0 aromatic heterocycles. The average Bonchev–Trinajstić information content (AvgIpc) is 2.35. The van der Waals surface area contributed by atoms with Crippen LogP contribution in [0.5, 0.6) is 0 Å². The van der Waals surface area contributed by atoms with Gasteiger partial charge < -0.3 is 15.2 Å². The fraction of sp³-hybridized carbons (Fsp3) is 0.417. The van der Waals surface area contributed by atoms with Crippen molar-refractivity contribution in [3.63, 3.8) is 0 Å². The lowest BCUT2D eigenvalue weighted by molar-refractivity contribution is -0.144. The Kier molecular flexibility index (Phi) is 4.95. The van der Waals surface area contributed by atoms with Crippen molar-refractivity contribution in [2.24, 2.45) is 5.73 Å². The minimum atomic E-state index is -0.726. The fourth-order valence-electron chi connectivity index (χ4n) is 1.29. The number of hydrogen-bond acceptors (Lipinski definition) is 4. The monoisotopic (exact) mass is 223 g/mol. The first-order valence-corrected chi connectivity index (χ1v) is 5.15. The van der Waals surface area contributed by atoms with E-state index in [-0.39, 0.29) is 12.7 Å². The number of carbonyl (C=O) groups is 1. The summed E-state index contributed by atoms with van der Waals surface area (Å²) in [7, 11) is 1.31. The molecule has 0 aliphatic carbocycles. The summed E-state index contributed by atoms with van der Waals surface area (Å²) in [6.45, 7) is 2.07. The SMILES string of the molecule is COC(=O)[C@H](N)COC(C)c1ccccc1. The van der Waals surface area contributed by atoms with E-state index < -0.39 is 12.0 Å². The van der Waals surface area contributed by atoms with Gasteiger partial charge in [-0.3, -0.25) is 4.79 Å². The van der Waals surface area contributed by atoms with Gasteiger partial charge in [-0.2, -0.15) is 0 Å². The van der Waals surface area contributed by atoms with Crippen molar-refractivity contribution in [2.75, 3.05) is 13.7 Å². The highest BCUT2D eigenvalue weighted by Crippen LogP contribution is 2.15. The van der Waals surface area contributed by atoms with Crippen LogP contribution in [0.4, 0.5) is 0 Å². The van der Waals surface area contributed by atoms with E-state index in [1.54, 1.807) is 0 Å². The van der Waals surface area contributed by atoms with Gasteiger partial charge in [0.15, 0.2) is 0 Å². The number of ether oxygens (including phenoxy) is 2. The topological polar surface area (TPSA) is 61.5 Å². The highest BCUT2D eigenvalue weighted by Gasteiger charge is 2.15. The zero-order chi connectivity index (χ0) is 12.0. The second kappa shape index (κ2) is 6.25. The quantitative estimate of drug-likeness (QED) is 0.763. The molecule has 1 aromatic carbocycles. The maximum atomic E-state index is 11.0. The molecule has 0 spiro atoms. The predicted octanol–water partition coefficient (Wildman–Crippen LogP) is 1.26.